The second-order valence-corrected chi connectivity index (χ2v) is 34.0. The molecule has 0 saturated carbocycles. The lowest BCUT2D eigenvalue weighted by atomic mass is 10.0. The first kappa shape index (κ1) is 109. The van der Waals surface area contributed by atoms with Gasteiger partial charge < -0.3 is 34.2 Å². The summed E-state index contributed by atoms with van der Waals surface area (Å²) in [5.41, 5.74) is 0. The Balaban J connectivity index is 4.32. The molecule has 0 radical (unpaired) electrons. The highest BCUT2D eigenvalue weighted by Crippen LogP contribution is 2.45. The normalized spacial score (nSPS) is 14.3. The summed E-state index contributed by atoms with van der Waals surface area (Å²) in [4.78, 5) is 58.8. The Labute approximate surface area is 691 Å². The maximum atomic E-state index is 13.0. The van der Waals surface area contributed by atoms with E-state index in [0.29, 0.717) is 19.3 Å². The zero-order chi connectivity index (χ0) is 82.2. The van der Waals surface area contributed by atoms with Crippen molar-refractivity contribution in [2.75, 3.05) is 39.6 Å². The first-order chi connectivity index (χ1) is 55.2. The molecule has 0 aromatic rings. The van der Waals surface area contributed by atoms with E-state index in [0.717, 1.165) is 116 Å². The van der Waals surface area contributed by atoms with Crippen LogP contribution in [0.25, 0.3) is 0 Å². The van der Waals surface area contributed by atoms with Gasteiger partial charge in [-0.15, -0.1) is 0 Å². The van der Waals surface area contributed by atoms with E-state index in [1.54, 1.807) is 0 Å². The van der Waals surface area contributed by atoms with E-state index in [-0.39, 0.29) is 19.3 Å². The van der Waals surface area contributed by atoms with Gasteiger partial charge >= 0.3 is 33.6 Å². The molecule has 0 heterocycles. The summed E-state index contributed by atoms with van der Waals surface area (Å²) >= 11 is 0. The lowest BCUT2D eigenvalue weighted by Crippen LogP contribution is -2.30. The molecule has 113 heavy (non-hydrogen) atoms. The van der Waals surface area contributed by atoms with Gasteiger partial charge in [-0.1, -0.05) is 381 Å². The molecular weight excluding hydrogens is 1460 g/mol. The molecule has 0 aromatic heterocycles. The lowest BCUT2D eigenvalue weighted by molar-refractivity contribution is -0.161. The Morgan fingerprint density at radius 1 is 0.248 bits per heavy atom. The number of rotatable bonds is 88. The maximum absolute atomic E-state index is 13.0. The molecule has 0 aromatic carbocycles. The molecular formula is C95H170O16P2. The quantitative estimate of drug-likeness (QED) is 0.0146. The fraction of sp³-hybridized carbons (Fsp3) is 0.779. The van der Waals surface area contributed by atoms with Crippen molar-refractivity contribution in [3.63, 3.8) is 0 Å². The molecule has 0 aliphatic heterocycles. The van der Waals surface area contributed by atoms with Crippen LogP contribution in [0.15, 0.2) is 109 Å². The zero-order valence-electron chi connectivity index (χ0n) is 72.3. The van der Waals surface area contributed by atoms with Gasteiger partial charge in [0.1, 0.15) is 25.4 Å². The number of phosphoric acid groups is 2. The summed E-state index contributed by atoms with van der Waals surface area (Å²) < 4.78 is 61.3. The number of carbonyl (C=O) groups excluding carboxylic acids is 3. The minimum Gasteiger partial charge on any atom is -0.463 e. The Bertz CT molecular complexity index is 2490. The second kappa shape index (κ2) is 87.5. The maximum Gasteiger partial charge on any atom is 0.472 e. The number of aliphatic hydroxyl groups is 2. The highest BCUT2D eigenvalue weighted by molar-refractivity contribution is 7.47. The number of phosphoric ester groups is 2. The SMILES string of the molecule is CCCC/C=C\CCCCCCCC(=O)OC(COC(=O)CCCCCCCCCCCCCCCCCCC/C=C\C/C=C\C/C=C\C/C=C\CCCCC)COP(=O)(O)OCC(O)COP(=O)(O)OCC(O)COC(=O)CCCCCCCCCCCCCCCCCCC/C=C\C/C=C\C/C=C\C/C=C\CCCCC. The third-order valence-corrected chi connectivity index (χ3v) is 21.8. The number of unbranched alkanes of at least 4 members (excludes halogenated alkanes) is 47. The molecule has 16 nitrogen and oxygen atoms in total. The molecule has 0 bridgehead atoms. The Morgan fingerprint density at radius 2 is 0.451 bits per heavy atom. The van der Waals surface area contributed by atoms with Gasteiger partial charge in [0.25, 0.3) is 0 Å². The molecule has 4 N–H and O–H groups in total. The van der Waals surface area contributed by atoms with Gasteiger partial charge in [-0.3, -0.25) is 32.5 Å². The molecule has 0 amide bonds. The molecule has 0 fully saturated rings. The van der Waals surface area contributed by atoms with E-state index in [2.05, 4.69) is 130 Å². The lowest BCUT2D eigenvalue weighted by Gasteiger charge is -2.21. The van der Waals surface area contributed by atoms with Crippen LogP contribution in [-0.4, -0.2) is 95.9 Å². The number of carbonyl (C=O) groups is 3. The predicted molar refractivity (Wildman–Crippen MR) is 473 cm³/mol. The van der Waals surface area contributed by atoms with Gasteiger partial charge in [0.2, 0.25) is 0 Å². The van der Waals surface area contributed by atoms with E-state index in [9.17, 15) is 43.5 Å². The van der Waals surface area contributed by atoms with Gasteiger partial charge in [0.15, 0.2) is 6.10 Å². The number of ether oxygens (including phenoxy) is 3. The molecule has 0 saturated heterocycles. The van der Waals surface area contributed by atoms with Crippen LogP contribution in [0.4, 0.5) is 0 Å². The second-order valence-electron chi connectivity index (χ2n) is 31.1. The van der Waals surface area contributed by atoms with Crippen molar-refractivity contribution < 1.29 is 75.8 Å². The standard InChI is InChI=1S/C95H170O16P2/c1-4-7-10-13-16-19-22-24-26-28-30-32-34-36-38-40-42-44-46-48-50-52-54-56-58-60-62-64-67-69-72-75-78-81-93(98)105-84-90(96)85-107-112(101,102)108-86-91(97)87-109-113(103,104)110-89-92(111-95(100)83-80-77-74-71-66-21-18-15-12-9-6-3)88-106-94(99)82-79-76-73-70-68-65-63-61-59-57-55-53-51-49-47-45-43-41-39-37-35-33-31-29-27-25-23-20-17-14-11-8-5-2/h15-20,24-27,30-33,36-39,90-92,96-97H,4-14,21-23,28-29,34-35,40-89H2,1-3H3,(H,101,102)(H,103,104)/b18-15-,19-16-,20-17-,26-24-,27-25-,32-30-,33-31-,38-36-,39-37-. The van der Waals surface area contributed by atoms with Crippen LogP contribution in [-0.2, 0) is 55.8 Å². The molecule has 5 atom stereocenters. The van der Waals surface area contributed by atoms with Crippen molar-refractivity contribution in [1.82, 2.24) is 0 Å². The number of hydrogen-bond acceptors (Lipinski definition) is 14. The predicted octanol–water partition coefficient (Wildman–Crippen LogP) is 28.2. The summed E-state index contributed by atoms with van der Waals surface area (Å²) in [6, 6.07) is 0. The molecule has 0 spiro atoms. The van der Waals surface area contributed by atoms with Gasteiger partial charge in [-0.2, -0.15) is 0 Å². The van der Waals surface area contributed by atoms with E-state index in [1.165, 1.54) is 244 Å². The third kappa shape index (κ3) is 88.9. The van der Waals surface area contributed by atoms with Crippen molar-refractivity contribution in [2.24, 2.45) is 0 Å². The van der Waals surface area contributed by atoms with Crippen LogP contribution in [0.2, 0.25) is 0 Å². The van der Waals surface area contributed by atoms with Gasteiger partial charge in [0, 0.05) is 19.3 Å². The zero-order valence-corrected chi connectivity index (χ0v) is 74.1. The van der Waals surface area contributed by atoms with E-state index in [1.807, 2.05) is 0 Å². The minimum absolute atomic E-state index is 0.0963. The van der Waals surface area contributed by atoms with Gasteiger partial charge in [-0.05, 0) is 128 Å². The van der Waals surface area contributed by atoms with Crippen LogP contribution in [0, 0.1) is 0 Å². The number of aliphatic hydroxyl groups excluding tert-OH is 2. The first-order valence-corrected chi connectivity index (χ1v) is 49.2. The fourth-order valence-corrected chi connectivity index (χ4v) is 14.5. The fourth-order valence-electron chi connectivity index (χ4n) is 12.9. The van der Waals surface area contributed by atoms with E-state index >= 15 is 0 Å². The molecule has 656 valence electrons. The molecule has 0 aliphatic carbocycles. The number of hydrogen-bond donors (Lipinski definition) is 4. The van der Waals surface area contributed by atoms with Crippen molar-refractivity contribution in [2.45, 2.75) is 437 Å². The summed E-state index contributed by atoms with van der Waals surface area (Å²) in [6.45, 7) is 2.64. The molecule has 0 rings (SSSR count). The Kier molecular flexibility index (Phi) is 84.6. The Hall–Kier alpha value is -3.79. The van der Waals surface area contributed by atoms with Crippen LogP contribution in [0.3, 0.4) is 0 Å². The average molecular weight is 1630 g/mol. The van der Waals surface area contributed by atoms with Gasteiger partial charge in [0.05, 0.1) is 26.4 Å². The van der Waals surface area contributed by atoms with E-state index in [4.69, 9.17) is 32.3 Å². The van der Waals surface area contributed by atoms with Crippen molar-refractivity contribution >= 4 is 33.6 Å². The van der Waals surface area contributed by atoms with Crippen molar-refractivity contribution in [1.29, 1.82) is 0 Å². The van der Waals surface area contributed by atoms with Crippen LogP contribution < -0.4 is 0 Å². The topological polar surface area (TPSA) is 231 Å². The monoisotopic (exact) mass is 1630 g/mol. The van der Waals surface area contributed by atoms with Crippen molar-refractivity contribution in [3.8, 4) is 0 Å². The molecule has 0 aliphatic rings. The summed E-state index contributed by atoms with van der Waals surface area (Å²) in [6.07, 6.45) is 106. The van der Waals surface area contributed by atoms with Crippen LogP contribution >= 0.6 is 15.6 Å². The van der Waals surface area contributed by atoms with Crippen LogP contribution in [0.5, 0.6) is 0 Å². The number of allylic oxidation sites excluding steroid dienone is 18. The first-order valence-electron chi connectivity index (χ1n) is 46.2. The average Bonchev–Trinajstić information content (AvgIpc) is 0.904. The minimum atomic E-state index is -4.93. The van der Waals surface area contributed by atoms with E-state index < -0.39 is 91.5 Å². The summed E-state index contributed by atoms with van der Waals surface area (Å²) in [5, 5.41) is 20.7. The largest absolute Gasteiger partial charge is 0.472 e. The smallest absolute Gasteiger partial charge is 0.463 e. The third-order valence-electron chi connectivity index (χ3n) is 19.9. The highest BCUT2D eigenvalue weighted by atomic mass is 31.2. The molecule has 18 heteroatoms. The molecule has 5 unspecified atom stereocenters. The number of esters is 3. The van der Waals surface area contributed by atoms with Gasteiger partial charge in [-0.25, -0.2) is 9.13 Å². The summed E-state index contributed by atoms with van der Waals surface area (Å²) in [7, 11) is -9.79. The highest BCUT2D eigenvalue weighted by Gasteiger charge is 2.29. The Morgan fingerprint density at radius 3 is 0.735 bits per heavy atom. The van der Waals surface area contributed by atoms with Crippen molar-refractivity contribution in [3.05, 3.63) is 109 Å². The summed E-state index contributed by atoms with van der Waals surface area (Å²) in [5.74, 6) is -1.57. The van der Waals surface area contributed by atoms with Crippen LogP contribution in [0.1, 0.15) is 419 Å².